The molecular formula is C16H22Cl2N6O5. The number of hydrogen-bond acceptors (Lipinski definition) is 9. The summed E-state index contributed by atoms with van der Waals surface area (Å²) in [4.78, 5) is 36.0. The van der Waals surface area contributed by atoms with Crippen LogP contribution in [0.3, 0.4) is 0 Å². The van der Waals surface area contributed by atoms with E-state index in [0.29, 0.717) is 26.3 Å². The van der Waals surface area contributed by atoms with E-state index < -0.39 is 5.97 Å². The zero-order chi connectivity index (χ0) is 22.1. The van der Waals surface area contributed by atoms with Gasteiger partial charge in [0.1, 0.15) is 16.0 Å². The Hall–Kier alpha value is -2.44. The van der Waals surface area contributed by atoms with Gasteiger partial charge in [0, 0.05) is 27.3 Å². The molecule has 0 radical (unpaired) electrons. The minimum absolute atomic E-state index is 0.107. The SMILES string of the molecule is COCCN.COCCNC(=O)c1cnc(Cl)cn1.O=C(O)c1cnc(Cl)cn1. The second-order valence-electron chi connectivity index (χ2n) is 4.78. The van der Waals surface area contributed by atoms with E-state index in [-0.39, 0.29) is 27.6 Å². The Morgan fingerprint density at radius 2 is 1.48 bits per heavy atom. The van der Waals surface area contributed by atoms with Crippen molar-refractivity contribution in [2.24, 2.45) is 5.73 Å². The average molecular weight is 449 g/mol. The first-order valence-electron chi connectivity index (χ1n) is 8.00. The van der Waals surface area contributed by atoms with Crippen molar-refractivity contribution in [1.29, 1.82) is 0 Å². The van der Waals surface area contributed by atoms with Crippen molar-refractivity contribution in [2.45, 2.75) is 0 Å². The summed E-state index contributed by atoms with van der Waals surface area (Å²) >= 11 is 10.9. The molecule has 0 aliphatic heterocycles. The van der Waals surface area contributed by atoms with Crippen molar-refractivity contribution in [1.82, 2.24) is 25.3 Å². The maximum Gasteiger partial charge on any atom is 0.356 e. The van der Waals surface area contributed by atoms with E-state index in [0.717, 1.165) is 6.20 Å². The van der Waals surface area contributed by atoms with Gasteiger partial charge >= 0.3 is 5.97 Å². The molecule has 0 aliphatic rings. The summed E-state index contributed by atoms with van der Waals surface area (Å²) in [6, 6.07) is 0. The van der Waals surface area contributed by atoms with Crippen LogP contribution in [0.25, 0.3) is 0 Å². The fraction of sp³-hybridized carbons (Fsp3) is 0.375. The van der Waals surface area contributed by atoms with Gasteiger partial charge in [-0.2, -0.15) is 0 Å². The number of hydrogen-bond donors (Lipinski definition) is 3. The van der Waals surface area contributed by atoms with Crippen LogP contribution in [0.4, 0.5) is 0 Å². The number of carbonyl (C=O) groups excluding carboxylic acids is 1. The molecule has 0 fully saturated rings. The molecule has 2 aromatic rings. The summed E-state index contributed by atoms with van der Waals surface area (Å²) in [5, 5.41) is 11.4. The molecule has 0 unspecified atom stereocenters. The number of nitrogens with one attached hydrogen (secondary N) is 1. The maximum absolute atomic E-state index is 11.3. The van der Waals surface area contributed by atoms with Gasteiger partial charge in [-0.1, -0.05) is 23.2 Å². The number of rotatable bonds is 7. The van der Waals surface area contributed by atoms with Crippen molar-refractivity contribution in [3.63, 3.8) is 0 Å². The van der Waals surface area contributed by atoms with Crippen LogP contribution >= 0.6 is 23.2 Å². The number of nitrogens with zero attached hydrogens (tertiary/aromatic N) is 4. The van der Waals surface area contributed by atoms with Gasteiger partial charge < -0.3 is 25.6 Å². The standard InChI is InChI=1S/C8H10ClN3O2.C5H3ClN2O2.C3H9NO/c1-14-3-2-10-8(13)6-4-12-7(9)5-11-6;6-4-2-7-3(1-8-4)5(9)10;1-5-3-2-4/h4-5H,2-3H2,1H3,(H,10,13);1-2H,(H,9,10);2-4H2,1H3. The highest BCUT2D eigenvalue weighted by Gasteiger charge is 2.06. The molecule has 0 aliphatic carbocycles. The van der Waals surface area contributed by atoms with E-state index in [1.165, 1.54) is 18.6 Å². The highest BCUT2D eigenvalue weighted by atomic mass is 35.5. The summed E-state index contributed by atoms with van der Waals surface area (Å²) in [5.41, 5.74) is 5.15. The topological polar surface area (TPSA) is 162 Å². The molecule has 0 saturated carbocycles. The smallest absolute Gasteiger partial charge is 0.356 e. The van der Waals surface area contributed by atoms with Crippen molar-refractivity contribution in [3.05, 3.63) is 46.5 Å². The number of methoxy groups -OCH3 is 2. The number of carboxylic acid groups (broad SMARTS) is 1. The number of amides is 1. The number of ether oxygens (including phenoxy) is 2. The molecule has 0 bridgehead atoms. The molecule has 13 heteroatoms. The zero-order valence-corrected chi connectivity index (χ0v) is 17.4. The monoisotopic (exact) mass is 448 g/mol. The lowest BCUT2D eigenvalue weighted by molar-refractivity contribution is 0.0689. The van der Waals surface area contributed by atoms with E-state index in [2.05, 4.69) is 30.0 Å². The largest absolute Gasteiger partial charge is 0.476 e. The maximum atomic E-state index is 11.3. The summed E-state index contributed by atoms with van der Waals surface area (Å²) in [7, 11) is 3.20. The van der Waals surface area contributed by atoms with Crippen LogP contribution in [0.5, 0.6) is 0 Å². The molecular weight excluding hydrogens is 427 g/mol. The molecule has 0 saturated heterocycles. The fourth-order valence-electron chi connectivity index (χ4n) is 1.33. The molecule has 160 valence electrons. The normalized spacial score (nSPS) is 9.41. The Bertz CT molecular complexity index is 717. The third-order valence-electron chi connectivity index (χ3n) is 2.61. The van der Waals surface area contributed by atoms with E-state index in [9.17, 15) is 9.59 Å². The molecule has 1 amide bonds. The lowest BCUT2D eigenvalue weighted by Gasteiger charge is -2.02. The summed E-state index contributed by atoms with van der Waals surface area (Å²) < 4.78 is 9.34. The van der Waals surface area contributed by atoms with Crippen LogP contribution < -0.4 is 11.1 Å². The predicted molar refractivity (Wildman–Crippen MR) is 106 cm³/mol. The van der Waals surface area contributed by atoms with Gasteiger partial charge in [-0.05, 0) is 0 Å². The van der Waals surface area contributed by atoms with Crippen LogP contribution in [-0.2, 0) is 9.47 Å². The van der Waals surface area contributed by atoms with E-state index in [4.69, 9.17) is 38.8 Å². The number of aromatic carboxylic acids is 1. The quantitative estimate of drug-likeness (QED) is 0.518. The van der Waals surface area contributed by atoms with Gasteiger partial charge in [-0.3, -0.25) is 4.79 Å². The van der Waals surface area contributed by atoms with Crippen LogP contribution in [0.1, 0.15) is 21.0 Å². The first-order chi connectivity index (χ1) is 13.8. The van der Waals surface area contributed by atoms with Gasteiger partial charge in [0.15, 0.2) is 5.69 Å². The minimum atomic E-state index is -1.11. The third kappa shape index (κ3) is 13.4. The molecule has 2 aromatic heterocycles. The van der Waals surface area contributed by atoms with Crippen molar-refractivity contribution in [2.75, 3.05) is 40.5 Å². The number of halogens is 2. The summed E-state index contributed by atoms with van der Waals surface area (Å²) in [5.74, 6) is -1.39. The molecule has 0 spiro atoms. The van der Waals surface area contributed by atoms with Gasteiger partial charge in [-0.15, -0.1) is 0 Å². The Labute approximate surface area is 177 Å². The first kappa shape index (κ1) is 26.6. The highest BCUT2D eigenvalue weighted by molar-refractivity contribution is 6.29. The van der Waals surface area contributed by atoms with E-state index in [1.54, 1.807) is 14.2 Å². The Morgan fingerprint density at radius 1 is 0.966 bits per heavy atom. The number of nitrogens with two attached hydrogens (primary N) is 1. The second kappa shape index (κ2) is 16.5. The van der Waals surface area contributed by atoms with Crippen LogP contribution in [0.2, 0.25) is 10.3 Å². The van der Waals surface area contributed by atoms with Crippen molar-refractivity contribution in [3.8, 4) is 0 Å². The molecule has 2 heterocycles. The molecule has 0 aromatic carbocycles. The van der Waals surface area contributed by atoms with E-state index in [1.807, 2.05) is 0 Å². The molecule has 4 N–H and O–H groups in total. The fourth-order valence-corrected chi connectivity index (χ4v) is 1.52. The van der Waals surface area contributed by atoms with Crippen molar-refractivity contribution < 1.29 is 24.2 Å². The molecule has 0 atom stereocenters. The van der Waals surface area contributed by atoms with Gasteiger partial charge in [-0.25, -0.2) is 24.7 Å². The van der Waals surface area contributed by atoms with Crippen molar-refractivity contribution >= 4 is 35.1 Å². The van der Waals surface area contributed by atoms with Gasteiger partial charge in [0.2, 0.25) is 0 Å². The highest BCUT2D eigenvalue weighted by Crippen LogP contribution is 2.01. The Kier molecular flexibility index (Phi) is 15.1. The van der Waals surface area contributed by atoms with E-state index >= 15 is 0 Å². The third-order valence-corrected chi connectivity index (χ3v) is 3.00. The number of carboxylic acids is 1. The van der Waals surface area contributed by atoms with Crippen LogP contribution in [0.15, 0.2) is 24.8 Å². The molecule has 2 rings (SSSR count). The summed E-state index contributed by atoms with van der Waals surface area (Å²) in [6.07, 6.45) is 4.94. The van der Waals surface area contributed by atoms with Gasteiger partial charge in [0.05, 0.1) is 38.0 Å². The minimum Gasteiger partial charge on any atom is -0.476 e. The van der Waals surface area contributed by atoms with Crippen LogP contribution in [0, 0.1) is 0 Å². The number of aromatic nitrogens is 4. The van der Waals surface area contributed by atoms with Gasteiger partial charge in [0.25, 0.3) is 5.91 Å². The average Bonchev–Trinajstić information content (AvgIpc) is 2.70. The summed E-state index contributed by atoms with van der Waals surface area (Å²) in [6.45, 7) is 2.20. The van der Waals surface area contributed by atoms with Crippen LogP contribution in [-0.4, -0.2) is 77.4 Å². The lowest BCUT2D eigenvalue weighted by Crippen LogP contribution is -2.27. The lowest BCUT2D eigenvalue weighted by atomic mass is 10.4. The molecule has 29 heavy (non-hydrogen) atoms. The number of carbonyl (C=O) groups is 2. The Morgan fingerprint density at radius 3 is 1.83 bits per heavy atom. The predicted octanol–water partition coefficient (Wildman–Crippen LogP) is 0.926. The Balaban J connectivity index is 0.000000455. The second-order valence-corrected chi connectivity index (χ2v) is 5.56. The first-order valence-corrected chi connectivity index (χ1v) is 8.75. The molecule has 11 nitrogen and oxygen atoms in total. The zero-order valence-electron chi connectivity index (χ0n) is 15.8.